The molecule has 1 amide bonds. The van der Waals surface area contributed by atoms with E-state index in [4.69, 9.17) is 33.7 Å². The van der Waals surface area contributed by atoms with Gasteiger partial charge in [0.25, 0.3) is 5.91 Å². The first-order valence-electron chi connectivity index (χ1n) is 12.1. The molecule has 1 aromatic carbocycles. The highest BCUT2D eigenvalue weighted by molar-refractivity contribution is 6.36. The van der Waals surface area contributed by atoms with Crippen molar-refractivity contribution in [2.75, 3.05) is 5.73 Å². The molecule has 202 valence electrons. The Hall–Kier alpha value is -4.12. The summed E-state index contributed by atoms with van der Waals surface area (Å²) in [7, 11) is 0. The SMILES string of the molecule is Nc1nc2cc(C(=O)N(Cc3ccc(-c4c(F)cncc4F)cn3)Cc3c(Cl)cccc3Cl)[nH]c2c2c1COC2. The number of anilines is 1. The molecule has 0 bridgehead atoms. The maximum absolute atomic E-state index is 14.2. The molecular weight excluding hydrogens is 561 g/mol. The molecule has 0 unspecified atom stereocenters. The van der Waals surface area contributed by atoms with E-state index in [1.165, 1.54) is 17.2 Å². The normalized spacial score (nSPS) is 12.6. The van der Waals surface area contributed by atoms with Crippen molar-refractivity contribution in [3.8, 4) is 11.1 Å². The second-order valence-electron chi connectivity index (χ2n) is 9.27. The number of nitrogens with zero attached hydrogens (tertiary/aromatic N) is 4. The van der Waals surface area contributed by atoms with E-state index < -0.39 is 11.6 Å². The summed E-state index contributed by atoms with van der Waals surface area (Å²) in [5, 5.41) is 0.802. The highest BCUT2D eigenvalue weighted by Gasteiger charge is 2.25. The number of nitrogens with two attached hydrogens (primary N) is 1. The highest BCUT2D eigenvalue weighted by Crippen LogP contribution is 2.32. The fourth-order valence-electron chi connectivity index (χ4n) is 4.75. The van der Waals surface area contributed by atoms with Gasteiger partial charge in [-0.2, -0.15) is 0 Å². The number of carbonyl (C=O) groups is 1. The van der Waals surface area contributed by atoms with Gasteiger partial charge in [-0.05, 0) is 24.3 Å². The zero-order valence-corrected chi connectivity index (χ0v) is 22.2. The van der Waals surface area contributed by atoms with Gasteiger partial charge < -0.3 is 20.4 Å². The van der Waals surface area contributed by atoms with Crippen LogP contribution in [0.25, 0.3) is 22.2 Å². The predicted octanol–water partition coefficient (Wildman–Crippen LogP) is 6.06. The van der Waals surface area contributed by atoms with E-state index in [1.54, 1.807) is 30.3 Å². The van der Waals surface area contributed by atoms with E-state index in [0.29, 0.717) is 51.4 Å². The van der Waals surface area contributed by atoms with Crippen molar-refractivity contribution in [3.05, 3.63) is 105 Å². The van der Waals surface area contributed by atoms with Gasteiger partial charge in [0.1, 0.15) is 11.5 Å². The average molecular weight is 581 g/mol. The molecule has 8 nitrogen and oxygen atoms in total. The third-order valence-corrected chi connectivity index (χ3v) is 7.46. The van der Waals surface area contributed by atoms with E-state index in [0.717, 1.165) is 23.5 Å². The molecule has 0 saturated heterocycles. The maximum atomic E-state index is 14.2. The van der Waals surface area contributed by atoms with Gasteiger partial charge in [-0.3, -0.25) is 14.8 Å². The van der Waals surface area contributed by atoms with E-state index in [9.17, 15) is 13.6 Å². The fraction of sp³-hybridized carbons (Fsp3) is 0.143. The first-order chi connectivity index (χ1) is 19.3. The molecule has 5 heterocycles. The van der Waals surface area contributed by atoms with Crippen LogP contribution in [0.15, 0.2) is 55.0 Å². The van der Waals surface area contributed by atoms with Crippen molar-refractivity contribution in [2.45, 2.75) is 26.3 Å². The molecule has 0 spiro atoms. The summed E-state index contributed by atoms with van der Waals surface area (Å²) in [5.41, 5.74) is 10.3. The number of nitrogen functional groups attached to an aromatic ring is 1. The predicted molar refractivity (Wildman–Crippen MR) is 146 cm³/mol. The summed E-state index contributed by atoms with van der Waals surface area (Å²) < 4.78 is 34.0. The summed E-state index contributed by atoms with van der Waals surface area (Å²) in [6.07, 6.45) is 3.22. The number of fused-ring (bicyclic) bond motifs is 3. The van der Waals surface area contributed by atoms with Gasteiger partial charge in [0.2, 0.25) is 0 Å². The van der Waals surface area contributed by atoms with E-state index in [1.807, 2.05) is 0 Å². The Labute approximate surface area is 236 Å². The number of H-pyrrole nitrogens is 1. The number of pyridine rings is 3. The number of benzene rings is 1. The number of hydrogen-bond donors (Lipinski definition) is 2. The van der Waals surface area contributed by atoms with Crippen molar-refractivity contribution in [2.24, 2.45) is 0 Å². The quantitative estimate of drug-likeness (QED) is 0.252. The lowest BCUT2D eigenvalue weighted by Crippen LogP contribution is -2.31. The smallest absolute Gasteiger partial charge is 0.271 e. The molecule has 0 radical (unpaired) electrons. The summed E-state index contributed by atoms with van der Waals surface area (Å²) in [6.45, 7) is 0.841. The third-order valence-electron chi connectivity index (χ3n) is 6.75. The first kappa shape index (κ1) is 26.1. The van der Waals surface area contributed by atoms with Gasteiger partial charge in [-0.25, -0.2) is 13.8 Å². The number of carbonyl (C=O) groups excluding carboxylic acids is 1. The van der Waals surface area contributed by atoms with Crippen LogP contribution in [0.2, 0.25) is 10.0 Å². The fourth-order valence-corrected chi connectivity index (χ4v) is 5.26. The zero-order chi connectivity index (χ0) is 28.0. The van der Waals surface area contributed by atoms with Crippen LogP contribution in [-0.4, -0.2) is 30.7 Å². The summed E-state index contributed by atoms with van der Waals surface area (Å²) in [4.78, 5) is 30.9. The summed E-state index contributed by atoms with van der Waals surface area (Å²) in [6, 6.07) is 9.87. The summed E-state index contributed by atoms with van der Waals surface area (Å²) >= 11 is 12.9. The number of aromatic nitrogens is 4. The number of hydrogen-bond acceptors (Lipinski definition) is 6. The molecule has 3 N–H and O–H groups in total. The molecule has 1 aliphatic heterocycles. The Balaban J connectivity index is 1.36. The lowest BCUT2D eigenvalue weighted by Gasteiger charge is -2.23. The standard InChI is InChI=1S/C28H20Cl2F2N6O2/c29-19-2-1-3-20(30)16(19)11-38(10-15-5-4-14(7-35-15)25-21(31)8-34-9-22(25)32)28(39)24-6-23-26(36-24)17-12-40-13-18(17)27(33)37-23/h1-9,36H,10-13H2,(H2,33,37). The summed E-state index contributed by atoms with van der Waals surface area (Å²) in [5.74, 6) is -1.60. The van der Waals surface area contributed by atoms with Gasteiger partial charge in [-0.1, -0.05) is 35.3 Å². The van der Waals surface area contributed by atoms with Crippen LogP contribution < -0.4 is 5.73 Å². The molecular formula is C28H20Cl2F2N6O2. The molecule has 12 heteroatoms. The van der Waals surface area contributed by atoms with Crippen LogP contribution >= 0.6 is 23.2 Å². The first-order valence-corrected chi connectivity index (χ1v) is 12.9. The van der Waals surface area contributed by atoms with Crippen molar-refractivity contribution < 1.29 is 18.3 Å². The van der Waals surface area contributed by atoms with Crippen molar-refractivity contribution in [3.63, 3.8) is 0 Å². The minimum absolute atomic E-state index is 0.0497. The van der Waals surface area contributed by atoms with Crippen molar-refractivity contribution in [1.29, 1.82) is 0 Å². The van der Waals surface area contributed by atoms with E-state index >= 15 is 0 Å². The van der Waals surface area contributed by atoms with Crippen molar-refractivity contribution in [1.82, 2.24) is 24.8 Å². The van der Waals surface area contributed by atoms with Gasteiger partial charge in [0.15, 0.2) is 11.6 Å². The molecule has 1 aliphatic rings. The zero-order valence-electron chi connectivity index (χ0n) is 20.7. The average Bonchev–Trinajstić information content (AvgIpc) is 3.58. The van der Waals surface area contributed by atoms with Crippen LogP contribution in [0.3, 0.4) is 0 Å². The molecule has 0 aliphatic carbocycles. The maximum Gasteiger partial charge on any atom is 0.271 e. The molecule has 0 saturated carbocycles. The minimum atomic E-state index is -0.801. The Morgan fingerprint density at radius 2 is 1.75 bits per heavy atom. The van der Waals surface area contributed by atoms with Gasteiger partial charge in [0.05, 0.1) is 54.4 Å². The molecule has 40 heavy (non-hydrogen) atoms. The lowest BCUT2D eigenvalue weighted by atomic mass is 10.1. The Morgan fingerprint density at radius 1 is 1.02 bits per heavy atom. The van der Waals surface area contributed by atoms with Gasteiger partial charge >= 0.3 is 0 Å². The Bertz CT molecular complexity index is 1740. The van der Waals surface area contributed by atoms with Gasteiger partial charge in [-0.15, -0.1) is 0 Å². The third kappa shape index (κ3) is 4.74. The number of ether oxygens (including phenoxy) is 1. The number of halogens is 4. The lowest BCUT2D eigenvalue weighted by molar-refractivity contribution is 0.0723. The number of rotatable bonds is 6. The minimum Gasteiger partial charge on any atom is -0.383 e. The second kappa shape index (κ2) is 10.5. The number of nitrogens with one attached hydrogen (secondary N) is 1. The van der Waals surface area contributed by atoms with Gasteiger partial charge in [0, 0.05) is 45.0 Å². The molecule has 6 rings (SSSR count). The van der Waals surface area contributed by atoms with Crippen LogP contribution in [-0.2, 0) is 31.0 Å². The second-order valence-corrected chi connectivity index (χ2v) is 10.1. The van der Waals surface area contributed by atoms with Crippen molar-refractivity contribution >= 4 is 46.0 Å². The molecule has 0 atom stereocenters. The molecule has 4 aromatic heterocycles. The topological polar surface area (TPSA) is 110 Å². The van der Waals surface area contributed by atoms with Crippen LogP contribution in [0.5, 0.6) is 0 Å². The largest absolute Gasteiger partial charge is 0.383 e. The van der Waals surface area contributed by atoms with Crippen LogP contribution in [0.1, 0.15) is 32.9 Å². The van der Waals surface area contributed by atoms with Crippen LogP contribution in [0.4, 0.5) is 14.6 Å². The molecule has 5 aromatic rings. The number of aromatic amines is 1. The Kier molecular flexibility index (Phi) is 6.83. The van der Waals surface area contributed by atoms with E-state index in [-0.39, 0.29) is 35.8 Å². The number of amides is 1. The molecule has 0 fully saturated rings. The Morgan fingerprint density at radius 3 is 2.45 bits per heavy atom. The van der Waals surface area contributed by atoms with Crippen LogP contribution in [0, 0.1) is 11.6 Å². The van der Waals surface area contributed by atoms with E-state index in [2.05, 4.69) is 19.9 Å². The monoisotopic (exact) mass is 580 g/mol. The highest BCUT2D eigenvalue weighted by atomic mass is 35.5.